The first-order chi connectivity index (χ1) is 6.79. The molecule has 0 bridgehead atoms. The van der Waals surface area contributed by atoms with Crippen LogP contribution in [0.5, 0.6) is 0 Å². The molecule has 0 fully saturated rings. The van der Waals surface area contributed by atoms with E-state index in [1.54, 1.807) is 6.08 Å². The summed E-state index contributed by atoms with van der Waals surface area (Å²) in [4.78, 5) is 2.05. The van der Waals surface area contributed by atoms with Crippen LogP contribution in [0, 0.1) is 11.3 Å². The maximum absolute atomic E-state index is 8.64. The first-order valence-corrected chi connectivity index (χ1v) is 4.57. The molecule has 2 nitrogen and oxygen atoms in total. The van der Waals surface area contributed by atoms with Crippen LogP contribution < -0.4 is 4.90 Å². The summed E-state index contributed by atoms with van der Waals surface area (Å²) in [6.45, 7) is 3.73. The number of rotatable bonds is 4. The van der Waals surface area contributed by atoms with Gasteiger partial charge in [-0.05, 0) is 12.1 Å². The molecule has 0 radical (unpaired) electrons. The number of nitrogens with zero attached hydrogens (tertiary/aromatic N) is 2. The molecule has 0 aliphatic carbocycles. The molecule has 1 atom stereocenters. The van der Waals surface area contributed by atoms with Gasteiger partial charge in [0, 0.05) is 12.7 Å². The van der Waals surface area contributed by atoms with Gasteiger partial charge in [0.15, 0.2) is 0 Å². The molecular formula is C12H14N2. The third kappa shape index (κ3) is 2.37. The number of anilines is 1. The molecule has 0 N–H and O–H groups in total. The predicted octanol–water partition coefficient (Wildman–Crippen LogP) is 2.59. The van der Waals surface area contributed by atoms with Crippen LogP contribution in [0.2, 0.25) is 0 Å². The van der Waals surface area contributed by atoms with Crippen molar-refractivity contribution in [1.29, 1.82) is 5.26 Å². The highest BCUT2D eigenvalue weighted by atomic mass is 15.1. The minimum absolute atomic E-state index is 0.0856. The number of para-hydroxylation sites is 1. The van der Waals surface area contributed by atoms with Crippen LogP contribution >= 0.6 is 0 Å². The van der Waals surface area contributed by atoms with Gasteiger partial charge in [-0.2, -0.15) is 5.26 Å². The topological polar surface area (TPSA) is 27.0 Å². The first kappa shape index (κ1) is 10.3. The molecule has 72 valence electrons. The van der Waals surface area contributed by atoms with Gasteiger partial charge in [-0.1, -0.05) is 24.3 Å². The fourth-order valence-electron chi connectivity index (χ4n) is 1.33. The minimum atomic E-state index is 0.0856. The molecule has 0 heterocycles. The Morgan fingerprint density at radius 3 is 2.64 bits per heavy atom. The highest BCUT2D eigenvalue weighted by Crippen LogP contribution is 2.16. The second-order valence-electron chi connectivity index (χ2n) is 3.11. The standard InChI is InChI=1S/C12H14N2/c1-3-11(9-10-13)14(2)12-7-5-4-6-8-12/h3-8,11H,1,9H2,2H3. The molecule has 1 rings (SSSR count). The van der Waals surface area contributed by atoms with Gasteiger partial charge in [0.2, 0.25) is 0 Å². The number of hydrogen-bond donors (Lipinski definition) is 0. The van der Waals surface area contributed by atoms with E-state index in [1.807, 2.05) is 37.4 Å². The maximum Gasteiger partial charge on any atom is 0.0646 e. The zero-order chi connectivity index (χ0) is 10.4. The molecule has 0 saturated heterocycles. The van der Waals surface area contributed by atoms with Gasteiger partial charge < -0.3 is 4.90 Å². The van der Waals surface area contributed by atoms with Crippen LogP contribution in [-0.4, -0.2) is 13.1 Å². The number of nitriles is 1. The molecule has 0 aromatic heterocycles. The Kier molecular flexibility index (Phi) is 3.75. The predicted molar refractivity (Wildman–Crippen MR) is 59.1 cm³/mol. The van der Waals surface area contributed by atoms with Gasteiger partial charge in [-0.3, -0.25) is 0 Å². The summed E-state index contributed by atoms with van der Waals surface area (Å²) in [5, 5.41) is 8.64. The highest BCUT2D eigenvalue weighted by molar-refractivity contribution is 5.47. The Hall–Kier alpha value is -1.75. The molecular weight excluding hydrogens is 172 g/mol. The van der Waals surface area contributed by atoms with Crippen LogP contribution in [-0.2, 0) is 0 Å². The van der Waals surface area contributed by atoms with Crippen molar-refractivity contribution in [3.05, 3.63) is 43.0 Å². The van der Waals surface area contributed by atoms with Gasteiger partial charge in [-0.25, -0.2) is 0 Å². The second kappa shape index (κ2) is 5.08. The average Bonchev–Trinajstić information content (AvgIpc) is 2.26. The van der Waals surface area contributed by atoms with E-state index >= 15 is 0 Å². The monoisotopic (exact) mass is 186 g/mol. The molecule has 1 aromatic rings. The summed E-state index contributed by atoms with van der Waals surface area (Å²) in [7, 11) is 1.97. The zero-order valence-corrected chi connectivity index (χ0v) is 8.35. The molecule has 1 unspecified atom stereocenters. The van der Waals surface area contributed by atoms with Gasteiger partial charge in [0.25, 0.3) is 0 Å². The van der Waals surface area contributed by atoms with Crippen LogP contribution in [0.4, 0.5) is 5.69 Å². The van der Waals surface area contributed by atoms with E-state index in [0.29, 0.717) is 6.42 Å². The summed E-state index contributed by atoms with van der Waals surface area (Å²) < 4.78 is 0. The van der Waals surface area contributed by atoms with E-state index in [-0.39, 0.29) is 6.04 Å². The third-order valence-corrected chi connectivity index (χ3v) is 2.23. The largest absolute Gasteiger partial charge is 0.367 e. The lowest BCUT2D eigenvalue weighted by Crippen LogP contribution is -2.29. The van der Waals surface area contributed by atoms with Crippen LogP contribution in [0.25, 0.3) is 0 Å². The molecule has 0 aliphatic heterocycles. The molecule has 14 heavy (non-hydrogen) atoms. The van der Waals surface area contributed by atoms with Crippen molar-refractivity contribution in [2.45, 2.75) is 12.5 Å². The van der Waals surface area contributed by atoms with Crippen LogP contribution in [0.15, 0.2) is 43.0 Å². The van der Waals surface area contributed by atoms with E-state index in [1.165, 1.54) is 0 Å². The van der Waals surface area contributed by atoms with Gasteiger partial charge >= 0.3 is 0 Å². The number of hydrogen-bond acceptors (Lipinski definition) is 2. The second-order valence-corrected chi connectivity index (χ2v) is 3.11. The Balaban J connectivity index is 2.78. The molecule has 0 aliphatic rings. The summed E-state index contributed by atoms with van der Waals surface area (Å²) in [5.41, 5.74) is 1.10. The molecule has 2 heteroatoms. The molecule has 0 spiro atoms. The SMILES string of the molecule is C=CC(CC#N)N(C)c1ccccc1. The Morgan fingerprint density at radius 1 is 1.50 bits per heavy atom. The fraction of sp³-hybridized carbons (Fsp3) is 0.250. The molecule has 0 saturated carbocycles. The van der Waals surface area contributed by atoms with Gasteiger partial charge in [0.05, 0.1) is 18.5 Å². The summed E-state index contributed by atoms with van der Waals surface area (Å²) >= 11 is 0. The maximum atomic E-state index is 8.64. The van der Waals surface area contributed by atoms with Crippen molar-refractivity contribution in [2.24, 2.45) is 0 Å². The van der Waals surface area contributed by atoms with E-state index in [9.17, 15) is 0 Å². The van der Waals surface area contributed by atoms with Gasteiger partial charge in [-0.15, -0.1) is 6.58 Å². The van der Waals surface area contributed by atoms with Crippen LogP contribution in [0.1, 0.15) is 6.42 Å². The van der Waals surface area contributed by atoms with E-state index in [4.69, 9.17) is 5.26 Å². The highest BCUT2D eigenvalue weighted by Gasteiger charge is 2.10. The lowest BCUT2D eigenvalue weighted by molar-refractivity contribution is 0.768. The van der Waals surface area contributed by atoms with Crippen LogP contribution in [0.3, 0.4) is 0 Å². The fourth-order valence-corrected chi connectivity index (χ4v) is 1.33. The molecule has 0 amide bonds. The third-order valence-electron chi connectivity index (χ3n) is 2.23. The van der Waals surface area contributed by atoms with Gasteiger partial charge in [0.1, 0.15) is 0 Å². The van der Waals surface area contributed by atoms with Crippen molar-refractivity contribution in [2.75, 3.05) is 11.9 Å². The van der Waals surface area contributed by atoms with E-state index < -0.39 is 0 Å². The number of likely N-dealkylation sites (N-methyl/N-ethyl adjacent to an activating group) is 1. The van der Waals surface area contributed by atoms with Crippen molar-refractivity contribution in [1.82, 2.24) is 0 Å². The van der Waals surface area contributed by atoms with Crippen molar-refractivity contribution >= 4 is 5.69 Å². The first-order valence-electron chi connectivity index (χ1n) is 4.57. The minimum Gasteiger partial charge on any atom is -0.367 e. The Labute approximate surface area is 85.1 Å². The average molecular weight is 186 g/mol. The summed E-state index contributed by atoms with van der Waals surface area (Å²) in [5.74, 6) is 0. The quantitative estimate of drug-likeness (QED) is 0.676. The number of benzene rings is 1. The Bertz CT molecular complexity index is 324. The lowest BCUT2D eigenvalue weighted by atomic mass is 10.1. The van der Waals surface area contributed by atoms with Crippen molar-refractivity contribution < 1.29 is 0 Å². The van der Waals surface area contributed by atoms with Crippen molar-refractivity contribution in [3.63, 3.8) is 0 Å². The molecule has 1 aromatic carbocycles. The van der Waals surface area contributed by atoms with Crippen molar-refractivity contribution in [3.8, 4) is 6.07 Å². The zero-order valence-electron chi connectivity index (χ0n) is 8.35. The smallest absolute Gasteiger partial charge is 0.0646 e. The normalized spacial score (nSPS) is 11.4. The van der Waals surface area contributed by atoms with E-state index in [2.05, 4.69) is 17.5 Å². The Morgan fingerprint density at radius 2 is 2.14 bits per heavy atom. The van der Waals surface area contributed by atoms with E-state index in [0.717, 1.165) is 5.69 Å². The summed E-state index contributed by atoms with van der Waals surface area (Å²) in [6, 6.07) is 12.2. The lowest BCUT2D eigenvalue weighted by Gasteiger charge is -2.25. The summed E-state index contributed by atoms with van der Waals surface area (Å²) in [6.07, 6.45) is 2.27.